The molecule has 1 aliphatic carbocycles. The van der Waals surface area contributed by atoms with Crippen LogP contribution in [0.25, 0.3) is 11.1 Å². The predicted molar refractivity (Wildman–Crippen MR) is 95.9 cm³/mol. The summed E-state index contributed by atoms with van der Waals surface area (Å²) in [5, 5.41) is 0. The minimum atomic E-state index is -1.08. The predicted octanol–water partition coefficient (Wildman–Crippen LogP) is 6.05. The minimum absolute atomic E-state index is 0.113. The highest BCUT2D eigenvalue weighted by atomic mass is 19.2. The fourth-order valence-electron chi connectivity index (χ4n) is 4.34. The third kappa shape index (κ3) is 2.96. The van der Waals surface area contributed by atoms with Crippen molar-refractivity contribution in [1.29, 1.82) is 0 Å². The van der Waals surface area contributed by atoms with Gasteiger partial charge in [0.25, 0.3) is 0 Å². The van der Waals surface area contributed by atoms with E-state index < -0.39 is 23.3 Å². The molecule has 0 spiro atoms. The summed E-state index contributed by atoms with van der Waals surface area (Å²) in [4.78, 5) is 0. The van der Waals surface area contributed by atoms with E-state index >= 15 is 0 Å². The molecule has 1 heterocycles. The zero-order valence-corrected chi connectivity index (χ0v) is 15.5. The lowest BCUT2D eigenvalue weighted by molar-refractivity contribution is 0.0147. The van der Waals surface area contributed by atoms with Crippen LogP contribution in [-0.4, -0.2) is 12.7 Å². The molecule has 2 aromatic rings. The highest BCUT2D eigenvalue weighted by Gasteiger charge is 2.33. The molecule has 1 fully saturated rings. The molecule has 0 bridgehead atoms. The largest absolute Gasteiger partial charge is 0.378 e. The standard InChI is InChI=1S/C22H22F4O/c1-3-4-12-7-14-8-15-9-16(13-6-5-11(2)27-10-13)20(24)22(26)18(15)17(14)21(25)19(12)23/h7,9,11,13H,3-6,8,10H2,1-2H3. The van der Waals surface area contributed by atoms with E-state index in [-0.39, 0.29) is 40.7 Å². The topological polar surface area (TPSA) is 9.23 Å². The third-order valence-corrected chi connectivity index (χ3v) is 5.77. The molecule has 0 saturated carbocycles. The van der Waals surface area contributed by atoms with Gasteiger partial charge in [0.1, 0.15) is 0 Å². The second-order valence-electron chi connectivity index (χ2n) is 7.67. The number of halogens is 4. The van der Waals surface area contributed by atoms with Gasteiger partial charge in [-0.3, -0.25) is 0 Å². The molecule has 2 atom stereocenters. The van der Waals surface area contributed by atoms with E-state index in [0.717, 1.165) is 6.42 Å². The first-order chi connectivity index (χ1) is 12.9. The molecule has 0 radical (unpaired) electrons. The molecule has 4 rings (SSSR count). The van der Waals surface area contributed by atoms with Crippen molar-refractivity contribution in [3.63, 3.8) is 0 Å². The van der Waals surface area contributed by atoms with Gasteiger partial charge < -0.3 is 4.74 Å². The molecule has 5 heteroatoms. The quantitative estimate of drug-likeness (QED) is 0.504. The van der Waals surface area contributed by atoms with Gasteiger partial charge in [0.15, 0.2) is 23.3 Å². The summed E-state index contributed by atoms with van der Waals surface area (Å²) >= 11 is 0. The minimum Gasteiger partial charge on any atom is -0.378 e. The lowest BCUT2D eigenvalue weighted by Crippen LogP contribution is -2.23. The van der Waals surface area contributed by atoms with E-state index in [2.05, 4.69) is 0 Å². The number of aryl methyl sites for hydroxylation is 1. The lowest BCUT2D eigenvalue weighted by atomic mass is 9.88. The zero-order valence-electron chi connectivity index (χ0n) is 15.5. The first-order valence-corrected chi connectivity index (χ1v) is 9.54. The van der Waals surface area contributed by atoms with Crippen molar-refractivity contribution in [2.75, 3.05) is 6.61 Å². The van der Waals surface area contributed by atoms with Crippen LogP contribution in [-0.2, 0) is 17.6 Å². The Labute approximate surface area is 156 Å². The van der Waals surface area contributed by atoms with Gasteiger partial charge in [0, 0.05) is 17.0 Å². The van der Waals surface area contributed by atoms with E-state index in [9.17, 15) is 17.6 Å². The number of hydrogen-bond donors (Lipinski definition) is 0. The molecular formula is C22H22F4O. The molecule has 27 heavy (non-hydrogen) atoms. The first kappa shape index (κ1) is 18.5. The number of hydrogen-bond acceptors (Lipinski definition) is 1. The van der Waals surface area contributed by atoms with Crippen LogP contribution in [0, 0.1) is 23.3 Å². The molecule has 2 aliphatic rings. The van der Waals surface area contributed by atoms with Gasteiger partial charge in [-0.15, -0.1) is 0 Å². The van der Waals surface area contributed by atoms with Gasteiger partial charge in [-0.25, -0.2) is 17.6 Å². The summed E-state index contributed by atoms with van der Waals surface area (Å²) in [6.07, 6.45) is 2.98. The van der Waals surface area contributed by atoms with Crippen molar-refractivity contribution in [1.82, 2.24) is 0 Å². The number of ether oxygens (including phenoxy) is 1. The molecular weight excluding hydrogens is 356 g/mol. The van der Waals surface area contributed by atoms with Crippen molar-refractivity contribution in [3.8, 4) is 11.1 Å². The Kier molecular flexibility index (Phi) is 4.75. The molecule has 1 aliphatic heterocycles. The van der Waals surface area contributed by atoms with E-state index in [0.29, 0.717) is 37.0 Å². The maximum Gasteiger partial charge on any atom is 0.167 e. The van der Waals surface area contributed by atoms with Crippen molar-refractivity contribution >= 4 is 0 Å². The van der Waals surface area contributed by atoms with Crippen LogP contribution in [0.15, 0.2) is 12.1 Å². The summed E-state index contributed by atoms with van der Waals surface area (Å²) in [5.41, 5.74) is 1.35. The summed E-state index contributed by atoms with van der Waals surface area (Å²) < 4.78 is 64.4. The van der Waals surface area contributed by atoms with Crippen LogP contribution in [0.1, 0.15) is 61.3 Å². The summed E-state index contributed by atoms with van der Waals surface area (Å²) in [6.45, 7) is 4.18. The van der Waals surface area contributed by atoms with Crippen molar-refractivity contribution in [3.05, 3.63) is 57.7 Å². The molecule has 1 saturated heterocycles. The molecule has 0 aromatic heterocycles. The van der Waals surface area contributed by atoms with Crippen LogP contribution in [0.4, 0.5) is 17.6 Å². The molecule has 144 valence electrons. The van der Waals surface area contributed by atoms with Crippen LogP contribution >= 0.6 is 0 Å². The maximum atomic E-state index is 14.9. The smallest absolute Gasteiger partial charge is 0.167 e. The Morgan fingerprint density at radius 2 is 1.59 bits per heavy atom. The van der Waals surface area contributed by atoms with Gasteiger partial charge in [-0.05, 0) is 54.9 Å². The van der Waals surface area contributed by atoms with Crippen molar-refractivity contribution in [2.45, 2.75) is 58.0 Å². The Morgan fingerprint density at radius 1 is 0.926 bits per heavy atom. The zero-order chi connectivity index (χ0) is 19.3. The SMILES string of the molecule is CCCc1cc2c(c(F)c1F)-c1c(cc(C3CCC(C)OC3)c(F)c1F)C2. The Hall–Kier alpha value is -1.88. The van der Waals surface area contributed by atoms with Gasteiger partial charge in [0.05, 0.1) is 12.7 Å². The fraction of sp³-hybridized carbons (Fsp3) is 0.455. The highest BCUT2D eigenvalue weighted by molar-refractivity contribution is 5.79. The first-order valence-electron chi connectivity index (χ1n) is 9.54. The van der Waals surface area contributed by atoms with E-state index in [4.69, 9.17) is 4.74 Å². The summed E-state index contributed by atoms with van der Waals surface area (Å²) in [5.74, 6) is -4.30. The second-order valence-corrected chi connectivity index (χ2v) is 7.67. The maximum absolute atomic E-state index is 14.9. The third-order valence-electron chi connectivity index (χ3n) is 5.77. The highest BCUT2D eigenvalue weighted by Crippen LogP contribution is 2.45. The Bertz CT molecular complexity index is 898. The summed E-state index contributed by atoms with van der Waals surface area (Å²) in [6, 6.07) is 3.22. The Morgan fingerprint density at radius 3 is 2.22 bits per heavy atom. The van der Waals surface area contributed by atoms with Gasteiger partial charge in [-0.2, -0.15) is 0 Å². The van der Waals surface area contributed by atoms with Crippen LogP contribution < -0.4 is 0 Å². The summed E-state index contributed by atoms with van der Waals surface area (Å²) in [7, 11) is 0. The normalized spacial score (nSPS) is 21.3. The van der Waals surface area contributed by atoms with Crippen LogP contribution in [0.3, 0.4) is 0 Å². The van der Waals surface area contributed by atoms with Crippen LogP contribution in [0.2, 0.25) is 0 Å². The number of rotatable bonds is 3. The average molecular weight is 378 g/mol. The number of fused-ring (bicyclic) bond motifs is 3. The second kappa shape index (κ2) is 6.93. The van der Waals surface area contributed by atoms with Crippen LogP contribution in [0.5, 0.6) is 0 Å². The van der Waals surface area contributed by atoms with Gasteiger partial charge in [0.2, 0.25) is 0 Å². The van der Waals surface area contributed by atoms with E-state index in [1.807, 2.05) is 13.8 Å². The number of benzene rings is 2. The molecule has 2 unspecified atom stereocenters. The van der Waals surface area contributed by atoms with Crippen molar-refractivity contribution in [2.24, 2.45) is 0 Å². The van der Waals surface area contributed by atoms with E-state index in [1.165, 1.54) is 0 Å². The van der Waals surface area contributed by atoms with E-state index in [1.54, 1.807) is 12.1 Å². The fourth-order valence-corrected chi connectivity index (χ4v) is 4.34. The molecule has 1 nitrogen and oxygen atoms in total. The monoisotopic (exact) mass is 378 g/mol. The Balaban J connectivity index is 1.81. The average Bonchev–Trinajstić information content (AvgIpc) is 3.02. The van der Waals surface area contributed by atoms with Gasteiger partial charge >= 0.3 is 0 Å². The van der Waals surface area contributed by atoms with Crippen molar-refractivity contribution < 1.29 is 22.3 Å². The van der Waals surface area contributed by atoms with Gasteiger partial charge in [-0.1, -0.05) is 25.5 Å². The lowest BCUT2D eigenvalue weighted by Gasteiger charge is -2.28. The molecule has 2 aromatic carbocycles. The molecule has 0 amide bonds. The molecule has 0 N–H and O–H groups in total.